The SMILES string of the molecule is Cc1cccc2cc(C3CC(C)CCN3)oc12. The van der Waals surface area contributed by atoms with Crippen molar-refractivity contribution in [1.29, 1.82) is 0 Å². The maximum atomic E-state index is 6.02. The molecule has 1 aromatic heterocycles. The number of fused-ring (bicyclic) bond motifs is 1. The minimum Gasteiger partial charge on any atom is -0.459 e. The number of furan rings is 1. The quantitative estimate of drug-likeness (QED) is 0.804. The van der Waals surface area contributed by atoms with E-state index < -0.39 is 0 Å². The van der Waals surface area contributed by atoms with E-state index in [4.69, 9.17) is 4.42 Å². The van der Waals surface area contributed by atoms with Crippen molar-refractivity contribution in [3.05, 3.63) is 35.6 Å². The first-order chi connectivity index (χ1) is 8.24. The second-order valence-electron chi connectivity index (χ2n) is 5.28. The fourth-order valence-electron chi connectivity index (χ4n) is 2.72. The zero-order valence-corrected chi connectivity index (χ0v) is 10.5. The molecular weight excluding hydrogens is 210 g/mol. The summed E-state index contributed by atoms with van der Waals surface area (Å²) in [5.41, 5.74) is 2.26. The van der Waals surface area contributed by atoms with Gasteiger partial charge in [-0.05, 0) is 43.9 Å². The van der Waals surface area contributed by atoms with E-state index in [0.717, 1.165) is 23.8 Å². The van der Waals surface area contributed by atoms with Crippen LogP contribution < -0.4 is 5.32 Å². The third kappa shape index (κ3) is 1.98. The summed E-state index contributed by atoms with van der Waals surface area (Å²) in [6.07, 6.45) is 2.45. The van der Waals surface area contributed by atoms with Crippen molar-refractivity contribution < 1.29 is 4.42 Å². The van der Waals surface area contributed by atoms with E-state index in [0.29, 0.717) is 6.04 Å². The molecule has 1 aliphatic rings. The first-order valence-electron chi connectivity index (χ1n) is 6.46. The Balaban J connectivity index is 1.97. The van der Waals surface area contributed by atoms with Crippen LogP contribution in [-0.2, 0) is 0 Å². The fraction of sp³-hybridized carbons (Fsp3) is 0.467. The van der Waals surface area contributed by atoms with Crippen LogP contribution in [0.4, 0.5) is 0 Å². The summed E-state index contributed by atoms with van der Waals surface area (Å²) in [4.78, 5) is 0. The van der Waals surface area contributed by atoms with Gasteiger partial charge >= 0.3 is 0 Å². The van der Waals surface area contributed by atoms with Gasteiger partial charge in [-0.25, -0.2) is 0 Å². The van der Waals surface area contributed by atoms with Crippen molar-refractivity contribution in [3.63, 3.8) is 0 Å². The fourth-order valence-corrected chi connectivity index (χ4v) is 2.72. The van der Waals surface area contributed by atoms with E-state index in [-0.39, 0.29) is 0 Å². The van der Waals surface area contributed by atoms with Crippen LogP contribution in [0.25, 0.3) is 11.0 Å². The lowest BCUT2D eigenvalue weighted by atomic mass is 9.93. The van der Waals surface area contributed by atoms with Crippen LogP contribution in [0.2, 0.25) is 0 Å². The van der Waals surface area contributed by atoms with Gasteiger partial charge < -0.3 is 9.73 Å². The molecule has 1 saturated heterocycles. The number of hydrogen-bond donors (Lipinski definition) is 1. The van der Waals surface area contributed by atoms with Crippen LogP contribution in [0.1, 0.15) is 37.1 Å². The van der Waals surface area contributed by atoms with E-state index >= 15 is 0 Å². The molecule has 1 aliphatic heterocycles. The monoisotopic (exact) mass is 229 g/mol. The standard InChI is InChI=1S/C15H19NO/c1-10-6-7-16-13(8-10)14-9-12-5-3-4-11(2)15(12)17-14/h3-5,9-10,13,16H,6-8H2,1-2H3. The number of piperidine rings is 1. The van der Waals surface area contributed by atoms with Crippen molar-refractivity contribution in [2.24, 2.45) is 5.92 Å². The first-order valence-corrected chi connectivity index (χ1v) is 6.46. The van der Waals surface area contributed by atoms with Gasteiger partial charge in [-0.15, -0.1) is 0 Å². The highest BCUT2D eigenvalue weighted by atomic mass is 16.3. The Hall–Kier alpha value is -1.28. The minimum atomic E-state index is 0.394. The Morgan fingerprint density at radius 2 is 2.24 bits per heavy atom. The van der Waals surface area contributed by atoms with Gasteiger partial charge in [-0.3, -0.25) is 0 Å². The van der Waals surface area contributed by atoms with Crippen LogP contribution in [0.5, 0.6) is 0 Å². The lowest BCUT2D eigenvalue weighted by Gasteiger charge is -2.26. The van der Waals surface area contributed by atoms with E-state index in [1.54, 1.807) is 0 Å². The van der Waals surface area contributed by atoms with E-state index in [9.17, 15) is 0 Å². The normalized spacial score (nSPS) is 25.3. The Bertz CT molecular complexity index is 529. The summed E-state index contributed by atoms with van der Waals surface area (Å²) in [7, 11) is 0. The third-order valence-corrected chi connectivity index (χ3v) is 3.77. The van der Waals surface area contributed by atoms with E-state index in [2.05, 4.69) is 43.4 Å². The largest absolute Gasteiger partial charge is 0.459 e. The van der Waals surface area contributed by atoms with Gasteiger partial charge in [0.15, 0.2) is 0 Å². The highest BCUT2D eigenvalue weighted by Crippen LogP contribution is 2.31. The van der Waals surface area contributed by atoms with Gasteiger partial charge in [0.2, 0.25) is 0 Å². The van der Waals surface area contributed by atoms with Crippen LogP contribution in [-0.4, -0.2) is 6.54 Å². The molecule has 17 heavy (non-hydrogen) atoms. The molecule has 2 heteroatoms. The van der Waals surface area contributed by atoms with Crippen LogP contribution in [0.3, 0.4) is 0 Å². The van der Waals surface area contributed by atoms with E-state index in [1.165, 1.54) is 23.8 Å². The Morgan fingerprint density at radius 1 is 1.35 bits per heavy atom. The summed E-state index contributed by atoms with van der Waals surface area (Å²) in [6, 6.07) is 8.91. The molecule has 90 valence electrons. The number of nitrogens with one attached hydrogen (secondary N) is 1. The molecule has 0 radical (unpaired) electrons. The number of hydrogen-bond acceptors (Lipinski definition) is 2. The van der Waals surface area contributed by atoms with Gasteiger partial charge in [0, 0.05) is 5.39 Å². The maximum Gasteiger partial charge on any atom is 0.137 e. The molecule has 1 aromatic carbocycles. The van der Waals surface area contributed by atoms with Crippen LogP contribution in [0, 0.1) is 12.8 Å². The first kappa shape index (κ1) is 10.8. The molecule has 0 spiro atoms. The summed E-state index contributed by atoms with van der Waals surface area (Å²) < 4.78 is 6.02. The van der Waals surface area contributed by atoms with Crippen molar-refractivity contribution in [1.82, 2.24) is 5.32 Å². The smallest absolute Gasteiger partial charge is 0.137 e. The minimum absolute atomic E-state index is 0.394. The lowest BCUT2D eigenvalue weighted by molar-refractivity contribution is 0.294. The van der Waals surface area contributed by atoms with Gasteiger partial charge in [-0.2, -0.15) is 0 Å². The molecular formula is C15H19NO. The molecule has 0 aliphatic carbocycles. The summed E-state index contributed by atoms with van der Waals surface area (Å²) >= 11 is 0. The molecule has 2 aromatic rings. The molecule has 2 heterocycles. The predicted molar refractivity (Wildman–Crippen MR) is 70.1 cm³/mol. The maximum absolute atomic E-state index is 6.02. The topological polar surface area (TPSA) is 25.2 Å². The number of aryl methyl sites for hydroxylation is 1. The van der Waals surface area contributed by atoms with Gasteiger partial charge in [0.05, 0.1) is 6.04 Å². The number of benzene rings is 1. The average molecular weight is 229 g/mol. The van der Waals surface area contributed by atoms with Crippen molar-refractivity contribution in [2.75, 3.05) is 6.54 Å². The zero-order chi connectivity index (χ0) is 11.8. The van der Waals surface area contributed by atoms with Crippen molar-refractivity contribution >= 4 is 11.0 Å². The molecule has 3 rings (SSSR count). The second-order valence-corrected chi connectivity index (χ2v) is 5.28. The van der Waals surface area contributed by atoms with Gasteiger partial charge in [-0.1, -0.05) is 25.1 Å². The lowest BCUT2D eigenvalue weighted by Crippen LogP contribution is -2.30. The second kappa shape index (κ2) is 4.19. The summed E-state index contributed by atoms with van der Waals surface area (Å²) in [5.74, 6) is 1.89. The molecule has 0 amide bonds. The molecule has 2 nitrogen and oxygen atoms in total. The zero-order valence-electron chi connectivity index (χ0n) is 10.5. The molecule has 0 saturated carbocycles. The molecule has 0 bridgehead atoms. The predicted octanol–water partition coefficient (Wildman–Crippen LogP) is 3.80. The van der Waals surface area contributed by atoms with Gasteiger partial charge in [0.1, 0.15) is 11.3 Å². The van der Waals surface area contributed by atoms with Crippen molar-refractivity contribution in [2.45, 2.75) is 32.7 Å². The molecule has 2 atom stereocenters. The highest BCUT2D eigenvalue weighted by Gasteiger charge is 2.22. The molecule has 1 N–H and O–H groups in total. The Labute approximate surface area is 102 Å². The van der Waals surface area contributed by atoms with Gasteiger partial charge in [0.25, 0.3) is 0 Å². The van der Waals surface area contributed by atoms with Crippen LogP contribution >= 0.6 is 0 Å². The Morgan fingerprint density at radius 3 is 3.00 bits per heavy atom. The molecule has 1 fully saturated rings. The van der Waals surface area contributed by atoms with Crippen LogP contribution in [0.15, 0.2) is 28.7 Å². The Kier molecular flexibility index (Phi) is 2.67. The highest BCUT2D eigenvalue weighted by molar-refractivity contribution is 5.81. The molecule has 2 unspecified atom stereocenters. The summed E-state index contributed by atoms with van der Waals surface area (Å²) in [5, 5.41) is 4.77. The average Bonchev–Trinajstić information content (AvgIpc) is 2.74. The third-order valence-electron chi connectivity index (χ3n) is 3.77. The number of para-hydroxylation sites is 1. The summed E-state index contributed by atoms with van der Waals surface area (Å²) in [6.45, 7) is 5.52. The number of rotatable bonds is 1. The van der Waals surface area contributed by atoms with Crippen molar-refractivity contribution in [3.8, 4) is 0 Å². The van der Waals surface area contributed by atoms with E-state index in [1.807, 2.05) is 0 Å².